The number of aromatic nitrogens is 1. The Balaban J connectivity index is 2.66. The lowest BCUT2D eigenvalue weighted by molar-refractivity contribution is 0.0697. The van der Waals surface area contributed by atoms with E-state index in [1.807, 2.05) is 13.1 Å². The summed E-state index contributed by atoms with van der Waals surface area (Å²) in [6.45, 7) is 4.24. The molecule has 0 unspecified atom stereocenters. The second-order valence-corrected chi connectivity index (χ2v) is 5.06. The van der Waals surface area contributed by atoms with E-state index in [2.05, 4.69) is 24.6 Å². The van der Waals surface area contributed by atoms with Crippen LogP contribution in [0.25, 0.3) is 10.9 Å². The van der Waals surface area contributed by atoms with Gasteiger partial charge >= 0.3 is 5.97 Å². The summed E-state index contributed by atoms with van der Waals surface area (Å²) in [5.41, 5.74) is 3.95. The van der Waals surface area contributed by atoms with Crippen molar-refractivity contribution in [1.29, 1.82) is 0 Å². The topological polar surface area (TPSA) is 42.2 Å². The Morgan fingerprint density at radius 1 is 1.26 bits per heavy atom. The Labute approximate surface area is 113 Å². The maximum Gasteiger partial charge on any atom is 0.335 e. The fraction of sp³-hybridized carbons (Fsp3) is 0.438. The first-order valence-electron chi connectivity index (χ1n) is 6.92. The van der Waals surface area contributed by atoms with Crippen molar-refractivity contribution in [3.8, 4) is 0 Å². The predicted molar refractivity (Wildman–Crippen MR) is 77.9 cm³/mol. The number of nitrogens with zero attached hydrogens (tertiary/aromatic N) is 1. The third-order valence-corrected chi connectivity index (χ3v) is 3.66. The maximum atomic E-state index is 11.2. The summed E-state index contributed by atoms with van der Waals surface area (Å²) >= 11 is 0. The highest BCUT2D eigenvalue weighted by Crippen LogP contribution is 2.27. The minimum atomic E-state index is -0.845. The van der Waals surface area contributed by atoms with Crippen LogP contribution in [0.2, 0.25) is 0 Å². The molecule has 1 aromatic carbocycles. The van der Waals surface area contributed by atoms with Crippen LogP contribution in [-0.2, 0) is 19.9 Å². The van der Waals surface area contributed by atoms with Crippen LogP contribution >= 0.6 is 0 Å². The number of carboxylic acid groups (broad SMARTS) is 1. The molecular weight excluding hydrogens is 238 g/mol. The van der Waals surface area contributed by atoms with Crippen molar-refractivity contribution in [2.24, 2.45) is 7.05 Å². The Bertz CT molecular complexity index is 611. The highest BCUT2D eigenvalue weighted by molar-refractivity contribution is 5.96. The Hall–Kier alpha value is -1.77. The average Bonchev–Trinajstić information content (AvgIpc) is 2.72. The number of aromatic carboxylic acids is 1. The molecule has 0 spiro atoms. The van der Waals surface area contributed by atoms with Crippen LogP contribution in [0.15, 0.2) is 18.3 Å². The lowest BCUT2D eigenvalue weighted by Gasteiger charge is -2.06. The van der Waals surface area contributed by atoms with E-state index in [1.165, 1.54) is 11.1 Å². The zero-order valence-electron chi connectivity index (χ0n) is 11.9. The zero-order chi connectivity index (χ0) is 14.0. The predicted octanol–water partition coefficient (Wildman–Crippen LogP) is 3.78. The van der Waals surface area contributed by atoms with Crippen LogP contribution in [-0.4, -0.2) is 15.6 Å². The van der Waals surface area contributed by atoms with Crippen molar-refractivity contribution in [3.05, 3.63) is 35.0 Å². The molecule has 19 heavy (non-hydrogen) atoms. The van der Waals surface area contributed by atoms with Crippen LogP contribution < -0.4 is 0 Å². The first kappa shape index (κ1) is 13.7. The Morgan fingerprint density at radius 2 is 2.00 bits per heavy atom. The minimum absolute atomic E-state index is 0.397. The normalized spacial score (nSPS) is 11.1. The van der Waals surface area contributed by atoms with Gasteiger partial charge in [-0.1, -0.05) is 20.3 Å². The van der Waals surface area contributed by atoms with E-state index < -0.39 is 5.97 Å². The number of hydrogen-bond acceptors (Lipinski definition) is 1. The van der Waals surface area contributed by atoms with Gasteiger partial charge in [0.15, 0.2) is 0 Å². The van der Waals surface area contributed by atoms with Gasteiger partial charge in [0.25, 0.3) is 0 Å². The summed E-state index contributed by atoms with van der Waals surface area (Å²) in [7, 11) is 2.04. The molecule has 0 atom stereocenters. The number of unbranched alkanes of at least 4 members (excludes halogenated alkanes) is 1. The molecule has 1 N–H and O–H groups in total. The fourth-order valence-electron chi connectivity index (χ4n) is 2.68. The number of carbonyl (C=O) groups is 1. The van der Waals surface area contributed by atoms with E-state index in [-0.39, 0.29) is 0 Å². The molecule has 0 saturated carbocycles. The number of hydrogen-bond donors (Lipinski definition) is 1. The number of benzene rings is 1. The molecule has 1 aromatic heterocycles. The van der Waals surface area contributed by atoms with Crippen molar-refractivity contribution in [2.45, 2.75) is 39.5 Å². The number of aryl methyl sites for hydroxylation is 3. The standard InChI is InChI=1S/C16H21NO2/c1-4-6-7-12-10-17(3)15-11(5-2)8-13(16(18)19)9-14(12)15/h8-10H,4-7H2,1-3H3,(H,18,19). The van der Waals surface area contributed by atoms with Crippen molar-refractivity contribution < 1.29 is 9.90 Å². The molecule has 0 amide bonds. The van der Waals surface area contributed by atoms with Crippen LogP contribution in [0.4, 0.5) is 0 Å². The van der Waals surface area contributed by atoms with Crippen molar-refractivity contribution in [1.82, 2.24) is 4.57 Å². The van der Waals surface area contributed by atoms with Gasteiger partial charge in [-0.25, -0.2) is 4.79 Å². The van der Waals surface area contributed by atoms with E-state index in [0.29, 0.717) is 5.56 Å². The van der Waals surface area contributed by atoms with Crippen molar-refractivity contribution >= 4 is 16.9 Å². The number of fused-ring (bicyclic) bond motifs is 1. The number of carboxylic acids is 1. The molecule has 3 heteroatoms. The highest BCUT2D eigenvalue weighted by atomic mass is 16.4. The molecule has 3 nitrogen and oxygen atoms in total. The monoisotopic (exact) mass is 259 g/mol. The van der Waals surface area contributed by atoms with Gasteiger partial charge in [-0.05, 0) is 42.5 Å². The van der Waals surface area contributed by atoms with Gasteiger partial charge in [-0.2, -0.15) is 0 Å². The SMILES string of the molecule is CCCCc1cn(C)c2c(CC)cc(C(=O)O)cc12. The van der Waals surface area contributed by atoms with Crippen LogP contribution in [0, 0.1) is 0 Å². The molecule has 0 aliphatic heterocycles. The van der Waals surface area contributed by atoms with Gasteiger partial charge in [0, 0.05) is 18.6 Å². The second kappa shape index (κ2) is 5.47. The Kier molecular flexibility index (Phi) is 3.93. The van der Waals surface area contributed by atoms with Crippen LogP contribution in [0.3, 0.4) is 0 Å². The van der Waals surface area contributed by atoms with Crippen LogP contribution in [0.1, 0.15) is 48.2 Å². The zero-order valence-corrected chi connectivity index (χ0v) is 11.9. The molecule has 0 aliphatic carbocycles. The molecule has 102 valence electrons. The van der Waals surface area contributed by atoms with E-state index >= 15 is 0 Å². The number of rotatable bonds is 5. The maximum absolute atomic E-state index is 11.2. The minimum Gasteiger partial charge on any atom is -0.478 e. The smallest absolute Gasteiger partial charge is 0.335 e. The molecule has 0 saturated heterocycles. The van der Waals surface area contributed by atoms with E-state index in [0.717, 1.165) is 36.6 Å². The first-order chi connectivity index (χ1) is 9.08. The second-order valence-electron chi connectivity index (χ2n) is 5.06. The van der Waals surface area contributed by atoms with Gasteiger partial charge in [0.2, 0.25) is 0 Å². The van der Waals surface area contributed by atoms with E-state index in [4.69, 9.17) is 0 Å². The van der Waals surface area contributed by atoms with Gasteiger partial charge < -0.3 is 9.67 Å². The summed E-state index contributed by atoms with van der Waals surface area (Å²) in [5.74, 6) is -0.845. The van der Waals surface area contributed by atoms with Gasteiger partial charge in [0.05, 0.1) is 11.1 Å². The average molecular weight is 259 g/mol. The molecule has 0 aliphatic rings. The molecule has 2 rings (SSSR count). The third-order valence-electron chi connectivity index (χ3n) is 3.66. The lowest BCUT2D eigenvalue weighted by atomic mass is 10.0. The largest absolute Gasteiger partial charge is 0.478 e. The summed E-state index contributed by atoms with van der Waals surface area (Å²) in [6, 6.07) is 3.62. The van der Waals surface area contributed by atoms with E-state index in [1.54, 1.807) is 6.07 Å². The highest BCUT2D eigenvalue weighted by Gasteiger charge is 2.14. The first-order valence-corrected chi connectivity index (χ1v) is 6.92. The summed E-state index contributed by atoms with van der Waals surface area (Å²) < 4.78 is 2.13. The molecule has 1 heterocycles. The molecule has 0 bridgehead atoms. The summed E-state index contributed by atoms with van der Waals surface area (Å²) in [5, 5.41) is 10.3. The molecule has 0 radical (unpaired) electrons. The van der Waals surface area contributed by atoms with Crippen LogP contribution in [0.5, 0.6) is 0 Å². The molecule has 2 aromatic rings. The molecular formula is C16H21NO2. The summed E-state index contributed by atoms with van der Waals surface area (Å²) in [4.78, 5) is 11.2. The lowest BCUT2D eigenvalue weighted by Crippen LogP contribution is -1.99. The van der Waals surface area contributed by atoms with Gasteiger partial charge in [0.1, 0.15) is 0 Å². The summed E-state index contributed by atoms with van der Waals surface area (Å²) in [6.07, 6.45) is 6.29. The fourth-order valence-corrected chi connectivity index (χ4v) is 2.68. The van der Waals surface area contributed by atoms with Gasteiger partial charge in [-0.15, -0.1) is 0 Å². The Morgan fingerprint density at radius 3 is 2.58 bits per heavy atom. The van der Waals surface area contributed by atoms with Crippen molar-refractivity contribution in [3.63, 3.8) is 0 Å². The quantitative estimate of drug-likeness (QED) is 0.887. The molecule has 0 fully saturated rings. The van der Waals surface area contributed by atoms with Gasteiger partial charge in [-0.3, -0.25) is 0 Å². The third kappa shape index (κ3) is 2.50. The van der Waals surface area contributed by atoms with Crippen molar-refractivity contribution in [2.75, 3.05) is 0 Å². The van der Waals surface area contributed by atoms with E-state index in [9.17, 15) is 9.90 Å².